The van der Waals surface area contributed by atoms with E-state index < -0.39 is 0 Å². The second-order valence-corrected chi connectivity index (χ2v) is 5.00. The molecule has 3 aromatic rings. The summed E-state index contributed by atoms with van der Waals surface area (Å²) < 4.78 is 0. The largest absolute Gasteiger partial charge is 0.338 e. The maximum atomic E-state index is 12.7. The summed E-state index contributed by atoms with van der Waals surface area (Å²) in [5.74, 6) is 0.00181. The van der Waals surface area contributed by atoms with E-state index in [-0.39, 0.29) is 5.91 Å². The predicted molar refractivity (Wildman–Crippen MR) is 86.5 cm³/mol. The molecule has 106 valence electrons. The number of hydrogen-bond acceptors (Lipinski definition) is 2. The van der Waals surface area contributed by atoms with E-state index in [1.54, 1.807) is 0 Å². The normalized spacial score (nSPS) is 11.0. The second-order valence-electron chi connectivity index (χ2n) is 5.00. The molecule has 0 aliphatic carbocycles. The Morgan fingerprint density at radius 1 is 0.905 bits per heavy atom. The van der Waals surface area contributed by atoms with Crippen LogP contribution < -0.4 is 0 Å². The van der Waals surface area contributed by atoms with Crippen LogP contribution in [-0.2, 0) is 0 Å². The Bertz CT molecular complexity index is 807. The summed E-state index contributed by atoms with van der Waals surface area (Å²) in [6, 6.07) is 16.0. The minimum atomic E-state index is 0.00181. The van der Waals surface area contributed by atoms with Crippen LogP contribution in [0.25, 0.3) is 21.7 Å². The van der Waals surface area contributed by atoms with Crippen LogP contribution in [0.15, 0.2) is 48.5 Å². The fourth-order valence-electron chi connectivity index (χ4n) is 2.73. The van der Waals surface area contributed by atoms with Crippen LogP contribution >= 0.6 is 0 Å². The van der Waals surface area contributed by atoms with Gasteiger partial charge in [-0.25, -0.2) is 4.98 Å². The van der Waals surface area contributed by atoms with Crippen molar-refractivity contribution in [3.8, 4) is 0 Å². The number of carbonyl (C=O) groups is 1. The van der Waals surface area contributed by atoms with Gasteiger partial charge in [0, 0.05) is 23.9 Å². The lowest BCUT2D eigenvalue weighted by Gasteiger charge is -2.19. The summed E-state index contributed by atoms with van der Waals surface area (Å²) in [5.41, 5.74) is 1.42. The zero-order valence-corrected chi connectivity index (χ0v) is 12.3. The van der Waals surface area contributed by atoms with Gasteiger partial charge in [0.05, 0.1) is 5.52 Å². The Hall–Kier alpha value is -2.42. The molecule has 0 saturated carbocycles. The summed E-state index contributed by atoms with van der Waals surface area (Å²) in [6.45, 7) is 5.37. The van der Waals surface area contributed by atoms with E-state index in [4.69, 9.17) is 0 Å². The number of amides is 1. The van der Waals surface area contributed by atoms with Crippen LogP contribution in [0.5, 0.6) is 0 Å². The third-order valence-corrected chi connectivity index (χ3v) is 3.86. The first-order valence-electron chi connectivity index (χ1n) is 7.33. The van der Waals surface area contributed by atoms with Crippen LogP contribution in [0, 0.1) is 0 Å². The van der Waals surface area contributed by atoms with Crippen molar-refractivity contribution in [3.05, 3.63) is 54.2 Å². The standard InChI is InChI=1S/C18H18N2O/c1-3-20(4-2)18(21)17-15-11-6-5-9-13(15)14-10-7-8-12-16(14)19-17/h5-12H,3-4H2,1-2H3. The molecule has 0 radical (unpaired) electrons. The number of para-hydroxylation sites is 1. The molecule has 1 amide bonds. The topological polar surface area (TPSA) is 33.2 Å². The average molecular weight is 278 g/mol. The first-order valence-corrected chi connectivity index (χ1v) is 7.33. The molecule has 3 heteroatoms. The highest BCUT2D eigenvalue weighted by molar-refractivity contribution is 6.14. The minimum absolute atomic E-state index is 0.00181. The van der Waals surface area contributed by atoms with Crippen molar-refractivity contribution in [3.63, 3.8) is 0 Å². The molecule has 1 heterocycles. The fourth-order valence-corrected chi connectivity index (χ4v) is 2.73. The van der Waals surface area contributed by atoms with Crippen molar-refractivity contribution < 1.29 is 4.79 Å². The van der Waals surface area contributed by atoms with E-state index in [0.29, 0.717) is 18.8 Å². The summed E-state index contributed by atoms with van der Waals surface area (Å²) in [4.78, 5) is 19.2. The first kappa shape index (κ1) is 13.6. The van der Waals surface area contributed by atoms with Gasteiger partial charge in [-0.3, -0.25) is 4.79 Å². The van der Waals surface area contributed by atoms with Gasteiger partial charge in [-0.15, -0.1) is 0 Å². The summed E-state index contributed by atoms with van der Waals surface area (Å²) >= 11 is 0. The van der Waals surface area contributed by atoms with Crippen LogP contribution in [0.1, 0.15) is 24.3 Å². The summed E-state index contributed by atoms with van der Waals surface area (Å²) in [6.07, 6.45) is 0. The number of hydrogen-bond donors (Lipinski definition) is 0. The van der Waals surface area contributed by atoms with E-state index in [0.717, 1.165) is 21.7 Å². The smallest absolute Gasteiger partial charge is 0.273 e. The van der Waals surface area contributed by atoms with Gasteiger partial charge in [0.2, 0.25) is 0 Å². The number of rotatable bonds is 3. The van der Waals surface area contributed by atoms with Crippen molar-refractivity contribution in [2.45, 2.75) is 13.8 Å². The molecular weight excluding hydrogens is 260 g/mol. The molecule has 0 N–H and O–H groups in total. The van der Waals surface area contributed by atoms with Gasteiger partial charge in [-0.1, -0.05) is 42.5 Å². The molecule has 0 aliphatic rings. The van der Waals surface area contributed by atoms with Crippen molar-refractivity contribution >= 4 is 27.6 Å². The van der Waals surface area contributed by atoms with Crippen molar-refractivity contribution in [1.29, 1.82) is 0 Å². The molecule has 0 fully saturated rings. The maximum absolute atomic E-state index is 12.7. The van der Waals surface area contributed by atoms with E-state index in [9.17, 15) is 4.79 Å². The molecule has 2 aromatic carbocycles. The van der Waals surface area contributed by atoms with Gasteiger partial charge in [0.15, 0.2) is 0 Å². The van der Waals surface area contributed by atoms with Gasteiger partial charge in [-0.05, 0) is 25.3 Å². The molecular formula is C18H18N2O. The zero-order chi connectivity index (χ0) is 14.8. The maximum Gasteiger partial charge on any atom is 0.273 e. The Morgan fingerprint density at radius 3 is 2.14 bits per heavy atom. The van der Waals surface area contributed by atoms with Crippen molar-refractivity contribution in [2.24, 2.45) is 0 Å². The number of nitrogens with zero attached hydrogens (tertiary/aromatic N) is 2. The average Bonchev–Trinajstić information content (AvgIpc) is 2.55. The SMILES string of the molecule is CCN(CC)C(=O)c1nc2ccccc2c2ccccc12. The van der Waals surface area contributed by atoms with E-state index in [2.05, 4.69) is 17.1 Å². The van der Waals surface area contributed by atoms with Gasteiger partial charge < -0.3 is 4.90 Å². The minimum Gasteiger partial charge on any atom is -0.338 e. The van der Waals surface area contributed by atoms with Gasteiger partial charge in [0.25, 0.3) is 5.91 Å². The van der Waals surface area contributed by atoms with Crippen LogP contribution in [0.3, 0.4) is 0 Å². The molecule has 3 nitrogen and oxygen atoms in total. The monoisotopic (exact) mass is 278 g/mol. The number of fused-ring (bicyclic) bond motifs is 3. The molecule has 0 spiro atoms. The molecule has 1 aromatic heterocycles. The second kappa shape index (κ2) is 5.52. The molecule has 21 heavy (non-hydrogen) atoms. The highest BCUT2D eigenvalue weighted by Gasteiger charge is 2.18. The first-order chi connectivity index (χ1) is 10.3. The van der Waals surface area contributed by atoms with Crippen LogP contribution in [-0.4, -0.2) is 28.9 Å². The third-order valence-electron chi connectivity index (χ3n) is 3.86. The molecule has 0 aliphatic heterocycles. The van der Waals surface area contributed by atoms with Gasteiger partial charge in [0.1, 0.15) is 5.69 Å². The molecule has 0 unspecified atom stereocenters. The van der Waals surface area contributed by atoms with E-state index >= 15 is 0 Å². The molecule has 0 atom stereocenters. The van der Waals surface area contributed by atoms with Crippen molar-refractivity contribution in [1.82, 2.24) is 9.88 Å². The van der Waals surface area contributed by atoms with Gasteiger partial charge >= 0.3 is 0 Å². The number of carbonyl (C=O) groups excluding carboxylic acids is 1. The number of aromatic nitrogens is 1. The Balaban J connectivity index is 2.32. The number of pyridine rings is 1. The molecule has 3 rings (SSSR count). The molecule has 0 bridgehead atoms. The lowest BCUT2D eigenvalue weighted by atomic mass is 10.0. The quantitative estimate of drug-likeness (QED) is 0.681. The molecule has 0 saturated heterocycles. The Morgan fingerprint density at radius 2 is 1.48 bits per heavy atom. The van der Waals surface area contributed by atoms with Gasteiger partial charge in [-0.2, -0.15) is 0 Å². The van der Waals surface area contributed by atoms with Crippen LogP contribution in [0.4, 0.5) is 0 Å². The Labute approximate surface area is 124 Å². The summed E-state index contributed by atoms with van der Waals surface area (Å²) in [5, 5.41) is 3.09. The Kier molecular flexibility index (Phi) is 3.57. The zero-order valence-electron chi connectivity index (χ0n) is 12.3. The fraction of sp³-hybridized carbons (Fsp3) is 0.222. The lowest BCUT2D eigenvalue weighted by Crippen LogP contribution is -2.31. The predicted octanol–water partition coefficient (Wildman–Crippen LogP) is 3.87. The van der Waals surface area contributed by atoms with E-state index in [1.165, 1.54) is 0 Å². The third kappa shape index (κ3) is 2.25. The highest BCUT2D eigenvalue weighted by Crippen LogP contribution is 2.26. The summed E-state index contributed by atoms with van der Waals surface area (Å²) in [7, 11) is 0. The van der Waals surface area contributed by atoms with Crippen LogP contribution in [0.2, 0.25) is 0 Å². The van der Waals surface area contributed by atoms with E-state index in [1.807, 2.05) is 55.1 Å². The van der Waals surface area contributed by atoms with Crippen molar-refractivity contribution in [2.75, 3.05) is 13.1 Å². The number of benzene rings is 2. The lowest BCUT2D eigenvalue weighted by molar-refractivity contribution is 0.0769. The highest BCUT2D eigenvalue weighted by atomic mass is 16.2.